The Morgan fingerprint density at radius 2 is 1.81 bits per heavy atom. The fourth-order valence-electron chi connectivity index (χ4n) is 3.65. The topological polar surface area (TPSA) is 77.7 Å². The zero-order chi connectivity index (χ0) is 25.1. The minimum atomic E-state index is -0.222. The van der Waals surface area contributed by atoms with E-state index < -0.39 is 0 Å². The van der Waals surface area contributed by atoms with Gasteiger partial charge in [0, 0.05) is 27.9 Å². The highest BCUT2D eigenvalue weighted by Crippen LogP contribution is 2.35. The highest BCUT2D eigenvalue weighted by molar-refractivity contribution is 9.10. The summed E-state index contributed by atoms with van der Waals surface area (Å²) in [6.07, 6.45) is 3.77. The van der Waals surface area contributed by atoms with E-state index in [9.17, 15) is 4.79 Å². The van der Waals surface area contributed by atoms with Crippen molar-refractivity contribution in [3.05, 3.63) is 93.9 Å². The molecule has 1 aliphatic heterocycles. The molecule has 0 saturated carbocycles. The Morgan fingerprint density at radius 3 is 2.53 bits per heavy atom. The third-order valence-electron chi connectivity index (χ3n) is 5.43. The smallest absolute Gasteiger partial charge is 0.264 e. The summed E-state index contributed by atoms with van der Waals surface area (Å²) >= 11 is 4.75. The Kier molecular flexibility index (Phi) is 6.92. The first-order chi connectivity index (χ1) is 17.5. The molecule has 0 aliphatic carbocycles. The number of aromatic nitrogens is 2. The Labute approximate surface area is 221 Å². The number of hydrogen-bond donors (Lipinski definition) is 1. The maximum Gasteiger partial charge on any atom is 0.264 e. The van der Waals surface area contributed by atoms with Crippen molar-refractivity contribution in [3.8, 4) is 28.4 Å². The van der Waals surface area contributed by atoms with Gasteiger partial charge in [0.1, 0.15) is 17.2 Å². The first-order valence-corrected chi connectivity index (χ1v) is 12.6. The van der Waals surface area contributed by atoms with Crippen LogP contribution in [-0.4, -0.2) is 35.1 Å². The lowest BCUT2D eigenvalue weighted by Gasteiger charge is -2.07. The van der Waals surface area contributed by atoms with E-state index in [1.165, 1.54) is 11.8 Å². The summed E-state index contributed by atoms with van der Waals surface area (Å²) in [5.74, 6) is 0.992. The summed E-state index contributed by atoms with van der Waals surface area (Å²) in [5, 5.41) is 8.14. The zero-order valence-electron chi connectivity index (χ0n) is 19.4. The predicted octanol–water partition coefficient (Wildman–Crippen LogP) is 6.21. The molecule has 0 atom stereocenters. The standard InChI is InChI=1S/C27H21BrN4O3S/c1-34-21-12-13-22(23(15-21)35-2)29-27-30-26(33)24(36-27)14-18-16-32(20-6-4-3-5-7-20)31-25(18)17-8-10-19(28)11-9-17/h3-16H,1-2H3,(H,29,30,33)/b24-14-. The van der Waals surface area contributed by atoms with E-state index in [0.717, 1.165) is 27.0 Å². The van der Waals surface area contributed by atoms with Gasteiger partial charge in [0.25, 0.3) is 5.91 Å². The normalized spacial score (nSPS) is 15.4. The van der Waals surface area contributed by atoms with E-state index in [4.69, 9.17) is 14.6 Å². The van der Waals surface area contributed by atoms with E-state index in [0.29, 0.717) is 27.3 Å². The van der Waals surface area contributed by atoms with E-state index in [1.807, 2.05) is 71.6 Å². The third kappa shape index (κ3) is 5.07. The SMILES string of the molecule is COc1ccc(N=C2NC(=O)/C(=C/c3cn(-c4ccccc4)nc3-c3ccc(Br)cc3)S2)c(OC)c1. The number of ether oxygens (including phenoxy) is 2. The van der Waals surface area contributed by atoms with E-state index in [1.54, 1.807) is 32.4 Å². The molecular weight excluding hydrogens is 540 g/mol. The number of para-hydroxylation sites is 1. The van der Waals surface area contributed by atoms with Crippen molar-refractivity contribution >= 4 is 50.5 Å². The van der Waals surface area contributed by atoms with Gasteiger partial charge in [-0.1, -0.05) is 46.3 Å². The molecule has 1 aromatic heterocycles. The van der Waals surface area contributed by atoms with Crippen molar-refractivity contribution in [1.82, 2.24) is 15.1 Å². The molecule has 1 N–H and O–H groups in total. The molecule has 9 heteroatoms. The lowest BCUT2D eigenvalue weighted by atomic mass is 10.1. The molecule has 1 fully saturated rings. The van der Waals surface area contributed by atoms with Crippen LogP contribution in [0.1, 0.15) is 5.56 Å². The van der Waals surface area contributed by atoms with Gasteiger partial charge in [-0.2, -0.15) is 5.10 Å². The summed E-state index contributed by atoms with van der Waals surface area (Å²) in [7, 11) is 3.16. The molecule has 1 saturated heterocycles. The van der Waals surface area contributed by atoms with Crippen molar-refractivity contribution in [3.63, 3.8) is 0 Å². The fraction of sp³-hybridized carbons (Fsp3) is 0.0741. The van der Waals surface area contributed by atoms with Gasteiger partial charge in [0.15, 0.2) is 5.17 Å². The number of nitrogens with one attached hydrogen (secondary N) is 1. The number of carbonyl (C=O) groups is 1. The van der Waals surface area contributed by atoms with Crippen molar-refractivity contribution < 1.29 is 14.3 Å². The molecule has 0 unspecified atom stereocenters. The molecule has 36 heavy (non-hydrogen) atoms. The lowest BCUT2D eigenvalue weighted by molar-refractivity contribution is -0.115. The van der Waals surface area contributed by atoms with Gasteiger partial charge >= 0.3 is 0 Å². The second kappa shape index (κ2) is 10.4. The first kappa shape index (κ1) is 23.9. The number of methoxy groups -OCH3 is 2. The highest BCUT2D eigenvalue weighted by Gasteiger charge is 2.25. The number of rotatable bonds is 6. The van der Waals surface area contributed by atoms with Crippen LogP contribution in [0.3, 0.4) is 0 Å². The van der Waals surface area contributed by atoms with Crippen LogP contribution in [0.5, 0.6) is 11.5 Å². The molecule has 3 aromatic carbocycles. The second-order valence-corrected chi connectivity index (χ2v) is 9.69. The summed E-state index contributed by atoms with van der Waals surface area (Å²) in [6.45, 7) is 0. The number of halogens is 1. The minimum Gasteiger partial charge on any atom is -0.497 e. The number of benzene rings is 3. The summed E-state index contributed by atoms with van der Waals surface area (Å²) in [4.78, 5) is 17.9. The van der Waals surface area contributed by atoms with Crippen molar-refractivity contribution in [2.45, 2.75) is 0 Å². The van der Waals surface area contributed by atoms with Crippen LogP contribution in [0.2, 0.25) is 0 Å². The van der Waals surface area contributed by atoms with Gasteiger partial charge in [-0.05, 0) is 54.2 Å². The molecule has 0 bridgehead atoms. The second-order valence-electron chi connectivity index (χ2n) is 7.74. The van der Waals surface area contributed by atoms with Crippen LogP contribution in [-0.2, 0) is 4.79 Å². The van der Waals surface area contributed by atoms with Crippen molar-refractivity contribution in [2.75, 3.05) is 14.2 Å². The lowest BCUT2D eigenvalue weighted by Crippen LogP contribution is -2.19. The average molecular weight is 561 g/mol. The maximum absolute atomic E-state index is 12.8. The van der Waals surface area contributed by atoms with Gasteiger partial charge in [-0.3, -0.25) is 4.79 Å². The predicted molar refractivity (Wildman–Crippen MR) is 147 cm³/mol. The molecule has 0 spiro atoms. The van der Waals surface area contributed by atoms with Crippen molar-refractivity contribution in [1.29, 1.82) is 0 Å². The molecule has 7 nitrogen and oxygen atoms in total. The number of hydrogen-bond acceptors (Lipinski definition) is 6. The number of thioether (sulfide) groups is 1. The Morgan fingerprint density at radius 1 is 1.03 bits per heavy atom. The van der Waals surface area contributed by atoms with E-state index in [-0.39, 0.29) is 5.91 Å². The van der Waals surface area contributed by atoms with Crippen LogP contribution in [0.25, 0.3) is 23.0 Å². The zero-order valence-corrected chi connectivity index (χ0v) is 21.8. The first-order valence-electron chi connectivity index (χ1n) is 11.0. The Hall–Kier alpha value is -3.82. The van der Waals surface area contributed by atoms with Gasteiger partial charge in [-0.25, -0.2) is 9.67 Å². The number of amidine groups is 1. The molecule has 1 amide bonds. The summed E-state index contributed by atoms with van der Waals surface area (Å²) in [5.41, 5.74) is 4.06. The van der Waals surface area contributed by atoms with Crippen LogP contribution in [0, 0.1) is 0 Å². The number of nitrogens with zero attached hydrogens (tertiary/aromatic N) is 3. The molecule has 0 radical (unpaired) electrons. The number of carbonyl (C=O) groups excluding carboxylic acids is 1. The minimum absolute atomic E-state index is 0.222. The molecule has 1 aliphatic rings. The van der Waals surface area contributed by atoms with Gasteiger partial charge < -0.3 is 14.8 Å². The van der Waals surface area contributed by atoms with Crippen LogP contribution < -0.4 is 14.8 Å². The quantitative estimate of drug-likeness (QED) is 0.283. The summed E-state index contributed by atoms with van der Waals surface area (Å²) in [6, 6.07) is 23.1. The fourth-order valence-corrected chi connectivity index (χ4v) is 4.74. The number of aliphatic imine (C=N–C) groups is 1. The molecular formula is C27H21BrN4O3S. The average Bonchev–Trinajstić information content (AvgIpc) is 3.48. The highest BCUT2D eigenvalue weighted by atomic mass is 79.9. The van der Waals surface area contributed by atoms with Gasteiger partial charge in [0.05, 0.1) is 30.5 Å². The molecule has 2 heterocycles. The maximum atomic E-state index is 12.8. The monoisotopic (exact) mass is 560 g/mol. The van der Waals surface area contributed by atoms with Crippen molar-refractivity contribution in [2.24, 2.45) is 4.99 Å². The Balaban J connectivity index is 1.51. The van der Waals surface area contributed by atoms with Gasteiger partial charge in [-0.15, -0.1) is 0 Å². The molecule has 4 aromatic rings. The van der Waals surface area contributed by atoms with Crippen LogP contribution >= 0.6 is 27.7 Å². The Bertz CT molecular complexity index is 1480. The summed E-state index contributed by atoms with van der Waals surface area (Å²) < 4.78 is 13.5. The molecule has 180 valence electrons. The van der Waals surface area contributed by atoms with Crippen LogP contribution in [0.15, 0.2) is 93.4 Å². The van der Waals surface area contributed by atoms with E-state index >= 15 is 0 Å². The van der Waals surface area contributed by atoms with E-state index in [2.05, 4.69) is 26.2 Å². The largest absolute Gasteiger partial charge is 0.497 e. The number of amides is 1. The third-order valence-corrected chi connectivity index (χ3v) is 6.87. The van der Waals surface area contributed by atoms with Crippen LogP contribution in [0.4, 0.5) is 5.69 Å². The van der Waals surface area contributed by atoms with Gasteiger partial charge in [0.2, 0.25) is 0 Å². The molecule has 5 rings (SSSR count).